The molecular formula is C65H118NO8P. The van der Waals surface area contributed by atoms with Crippen molar-refractivity contribution in [3.8, 4) is 0 Å². The molecule has 0 aromatic rings. The Morgan fingerprint density at radius 2 is 0.733 bits per heavy atom. The fourth-order valence-corrected chi connectivity index (χ4v) is 9.76. The molecule has 2 unspecified atom stereocenters. The first kappa shape index (κ1) is 72.5. The summed E-state index contributed by atoms with van der Waals surface area (Å²) in [4.78, 5) is 35.2. The molecule has 436 valence electrons. The van der Waals surface area contributed by atoms with E-state index in [4.69, 9.17) is 24.3 Å². The molecule has 0 saturated heterocycles. The summed E-state index contributed by atoms with van der Waals surface area (Å²) in [6.45, 7) is 3.67. The molecule has 9 nitrogen and oxygen atoms in total. The van der Waals surface area contributed by atoms with Crippen molar-refractivity contribution in [1.29, 1.82) is 0 Å². The van der Waals surface area contributed by atoms with Crippen LogP contribution in [-0.2, 0) is 32.7 Å². The molecule has 0 heterocycles. The van der Waals surface area contributed by atoms with Gasteiger partial charge in [0, 0.05) is 19.4 Å². The van der Waals surface area contributed by atoms with Crippen molar-refractivity contribution in [1.82, 2.24) is 0 Å². The molecule has 0 rings (SSSR count). The van der Waals surface area contributed by atoms with E-state index < -0.39 is 26.5 Å². The summed E-state index contributed by atoms with van der Waals surface area (Å²) in [5.41, 5.74) is 5.39. The highest BCUT2D eigenvalue weighted by Gasteiger charge is 2.26. The molecule has 0 radical (unpaired) electrons. The van der Waals surface area contributed by atoms with E-state index >= 15 is 0 Å². The Labute approximate surface area is 462 Å². The molecule has 75 heavy (non-hydrogen) atoms. The van der Waals surface area contributed by atoms with Crippen LogP contribution in [0.15, 0.2) is 72.9 Å². The quantitative estimate of drug-likeness (QED) is 0.0264. The third kappa shape index (κ3) is 60.5. The average molecular weight is 1070 g/mol. The van der Waals surface area contributed by atoms with E-state index in [1.165, 1.54) is 186 Å². The Hall–Kier alpha value is -2.55. The number of carbonyl (C=O) groups is 2. The minimum Gasteiger partial charge on any atom is -0.462 e. The predicted molar refractivity (Wildman–Crippen MR) is 321 cm³/mol. The minimum absolute atomic E-state index is 0.0538. The van der Waals surface area contributed by atoms with E-state index in [1.807, 2.05) is 0 Å². The number of esters is 2. The number of allylic oxidation sites excluding steroid dienone is 12. The topological polar surface area (TPSA) is 134 Å². The Morgan fingerprint density at radius 1 is 0.413 bits per heavy atom. The van der Waals surface area contributed by atoms with Crippen LogP contribution in [-0.4, -0.2) is 49.3 Å². The molecule has 0 amide bonds. The van der Waals surface area contributed by atoms with Gasteiger partial charge in [-0.2, -0.15) is 0 Å². The van der Waals surface area contributed by atoms with Gasteiger partial charge in [-0.3, -0.25) is 18.6 Å². The Morgan fingerprint density at radius 3 is 1.09 bits per heavy atom. The smallest absolute Gasteiger partial charge is 0.462 e. The molecule has 2 atom stereocenters. The van der Waals surface area contributed by atoms with E-state index in [-0.39, 0.29) is 38.6 Å². The first-order chi connectivity index (χ1) is 36.8. The van der Waals surface area contributed by atoms with Crippen LogP contribution in [0.25, 0.3) is 0 Å². The minimum atomic E-state index is -4.39. The van der Waals surface area contributed by atoms with Crippen molar-refractivity contribution in [3.63, 3.8) is 0 Å². The molecule has 0 aliphatic heterocycles. The first-order valence-corrected chi connectivity index (χ1v) is 32.9. The lowest BCUT2D eigenvalue weighted by Gasteiger charge is -2.19. The Kier molecular flexibility index (Phi) is 58.6. The molecule has 0 aliphatic carbocycles. The van der Waals surface area contributed by atoms with Gasteiger partial charge >= 0.3 is 19.8 Å². The largest absolute Gasteiger partial charge is 0.472 e. The van der Waals surface area contributed by atoms with Gasteiger partial charge < -0.3 is 20.1 Å². The molecule has 10 heteroatoms. The van der Waals surface area contributed by atoms with E-state index in [2.05, 4.69) is 86.8 Å². The number of hydrogen-bond acceptors (Lipinski definition) is 8. The highest BCUT2D eigenvalue weighted by Crippen LogP contribution is 2.43. The molecule has 0 aromatic heterocycles. The molecule has 0 fully saturated rings. The van der Waals surface area contributed by atoms with Crippen LogP contribution in [0, 0.1) is 0 Å². The summed E-state index contributed by atoms with van der Waals surface area (Å²) in [7, 11) is -4.39. The molecule has 0 spiro atoms. The van der Waals surface area contributed by atoms with Gasteiger partial charge in [0.15, 0.2) is 6.10 Å². The molecule has 0 aromatic carbocycles. The summed E-state index contributed by atoms with van der Waals surface area (Å²) in [5.74, 6) is -0.814. The normalized spacial score (nSPS) is 13.5. The lowest BCUT2D eigenvalue weighted by atomic mass is 10.0. The number of carbonyl (C=O) groups excluding carboxylic acids is 2. The maximum atomic E-state index is 12.7. The number of ether oxygens (including phenoxy) is 2. The fraction of sp³-hybridized carbons (Fsp3) is 0.785. The second kappa shape index (κ2) is 60.7. The number of nitrogens with two attached hydrogens (primary N) is 1. The van der Waals surface area contributed by atoms with Crippen LogP contribution in [0.4, 0.5) is 0 Å². The van der Waals surface area contributed by atoms with Gasteiger partial charge in [0.05, 0.1) is 13.2 Å². The second-order valence-electron chi connectivity index (χ2n) is 20.9. The van der Waals surface area contributed by atoms with Gasteiger partial charge in [0.1, 0.15) is 6.61 Å². The van der Waals surface area contributed by atoms with E-state index in [0.29, 0.717) is 6.42 Å². The second-order valence-corrected chi connectivity index (χ2v) is 22.4. The van der Waals surface area contributed by atoms with E-state index in [9.17, 15) is 19.0 Å². The number of unbranched alkanes of at least 4 members (excludes halogenated alkanes) is 34. The monoisotopic (exact) mass is 1070 g/mol. The number of phosphoric acid groups is 1. The summed E-state index contributed by atoms with van der Waals surface area (Å²) in [6.07, 6.45) is 78.3. The summed E-state index contributed by atoms with van der Waals surface area (Å²) < 4.78 is 33.1. The Balaban J connectivity index is 3.88. The van der Waals surface area contributed by atoms with Gasteiger partial charge in [-0.1, -0.05) is 292 Å². The predicted octanol–water partition coefficient (Wildman–Crippen LogP) is 20.1. The summed E-state index contributed by atoms with van der Waals surface area (Å²) in [5, 5.41) is 0. The molecule has 0 bridgehead atoms. The zero-order valence-corrected chi connectivity index (χ0v) is 49.7. The third-order valence-corrected chi connectivity index (χ3v) is 14.6. The lowest BCUT2D eigenvalue weighted by molar-refractivity contribution is -0.161. The van der Waals surface area contributed by atoms with Crippen LogP contribution < -0.4 is 5.73 Å². The molecule has 3 N–H and O–H groups in total. The van der Waals surface area contributed by atoms with Crippen molar-refractivity contribution in [3.05, 3.63) is 72.9 Å². The summed E-state index contributed by atoms with van der Waals surface area (Å²) >= 11 is 0. The molecule has 0 aliphatic rings. The zero-order chi connectivity index (χ0) is 54.5. The maximum absolute atomic E-state index is 12.7. The van der Waals surface area contributed by atoms with Crippen molar-refractivity contribution >= 4 is 19.8 Å². The van der Waals surface area contributed by atoms with Gasteiger partial charge in [-0.15, -0.1) is 0 Å². The van der Waals surface area contributed by atoms with E-state index in [1.54, 1.807) is 0 Å². The zero-order valence-electron chi connectivity index (χ0n) is 48.8. The SMILES string of the molecule is CC/C=C\C/C=C\C/C=C\C/C=C\C/C=C\C/C=C\CCCCCCCCCCCCCCCCCCC(=O)OC(COC(=O)CCCCCCCCCCCCCCCCCCCCC)COP(=O)(O)OCCN. The van der Waals surface area contributed by atoms with Crippen molar-refractivity contribution < 1.29 is 37.6 Å². The van der Waals surface area contributed by atoms with Crippen molar-refractivity contribution in [2.75, 3.05) is 26.4 Å². The number of rotatable bonds is 59. The van der Waals surface area contributed by atoms with Crippen LogP contribution >= 0.6 is 7.82 Å². The van der Waals surface area contributed by atoms with Crippen LogP contribution in [0.5, 0.6) is 0 Å². The first-order valence-electron chi connectivity index (χ1n) is 31.4. The van der Waals surface area contributed by atoms with E-state index in [0.717, 1.165) is 77.0 Å². The van der Waals surface area contributed by atoms with Gasteiger partial charge in [0.2, 0.25) is 0 Å². The van der Waals surface area contributed by atoms with Gasteiger partial charge in [-0.25, -0.2) is 4.57 Å². The average Bonchev–Trinajstić information content (AvgIpc) is 3.40. The van der Waals surface area contributed by atoms with Crippen molar-refractivity contribution in [2.45, 2.75) is 302 Å². The van der Waals surface area contributed by atoms with Crippen LogP contribution in [0.1, 0.15) is 296 Å². The highest BCUT2D eigenvalue weighted by atomic mass is 31.2. The summed E-state index contributed by atoms with van der Waals surface area (Å²) in [6, 6.07) is 0. The number of hydrogen-bond donors (Lipinski definition) is 2. The standard InChI is InChI=1S/C65H118NO8P/c1-3-5-7-9-11-13-15-17-19-21-23-24-25-26-27-28-29-30-31-32-33-34-35-36-37-38-40-42-44-46-48-50-52-54-56-58-65(68)74-63(62-73-75(69,70)72-60-59-66)61-71-64(67)57-55-53-51-49-47-45-43-41-39-22-20-18-16-14-12-10-8-6-4-2/h5,7,11,13,17,19,23-24,26-27,29-30,63H,3-4,6,8-10,12,14-16,18,20-22,25,28,31-62,66H2,1-2H3,(H,69,70)/b7-5-,13-11-,19-17-,24-23-,27-26-,30-29-. The number of phosphoric ester groups is 1. The maximum Gasteiger partial charge on any atom is 0.472 e. The van der Waals surface area contributed by atoms with Gasteiger partial charge in [-0.05, 0) is 64.2 Å². The van der Waals surface area contributed by atoms with Crippen LogP contribution in [0.3, 0.4) is 0 Å². The van der Waals surface area contributed by atoms with Gasteiger partial charge in [0.25, 0.3) is 0 Å². The van der Waals surface area contributed by atoms with Crippen LogP contribution in [0.2, 0.25) is 0 Å². The Bertz CT molecular complexity index is 1460. The molecular weight excluding hydrogens is 954 g/mol. The lowest BCUT2D eigenvalue weighted by Crippen LogP contribution is -2.29. The van der Waals surface area contributed by atoms with Crippen molar-refractivity contribution in [2.24, 2.45) is 5.73 Å². The highest BCUT2D eigenvalue weighted by molar-refractivity contribution is 7.47. The molecule has 0 saturated carbocycles. The third-order valence-electron chi connectivity index (χ3n) is 13.6. The fourth-order valence-electron chi connectivity index (χ4n) is 9.00.